The van der Waals surface area contributed by atoms with E-state index < -0.39 is 0 Å². The number of hydrogen-bond acceptors (Lipinski definition) is 2. The first kappa shape index (κ1) is 14.9. The van der Waals surface area contributed by atoms with Crippen molar-refractivity contribution in [1.29, 1.82) is 0 Å². The van der Waals surface area contributed by atoms with Crippen molar-refractivity contribution in [2.75, 3.05) is 0 Å². The van der Waals surface area contributed by atoms with Crippen molar-refractivity contribution in [3.8, 4) is 0 Å². The number of nitrogens with one attached hydrogen (secondary N) is 1. The van der Waals surface area contributed by atoms with Gasteiger partial charge in [0, 0.05) is 10.9 Å². The summed E-state index contributed by atoms with van der Waals surface area (Å²) in [7, 11) is 0. The van der Waals surface area contributed by atoms with Crippen LogP contribution in [0.25, 0.3) is 0 Å². The highest BCUT2D eigenvalue weighted by Gasteiger charge is 2.01. The van der Waals surface area contributed by atoms with Crippen LogP contribution in [0.5, 0.6) is 0 Å². The number of carbonyl (C=O) groups excluding carboxylic acids is 1. The standard InChI is InChI=1S/C14H19BrN2O/c1-3-4-5-9-14(18)17-16-11(2)12-7-6-8-13(15)10-12/h6-8,10H,3-5,9H2,1-2H3,(H,17,18)/b16-11+. The number of halogens is 1. The van der Waals surface area contributed by atoms with E-state index in [1.807, 2.05) is 31.2 Å². The smallest absolute Gasteiger partial charge is 0.240 e. The Bertz CT molecular complexity index is 430. The molecule has 0 fully saturated rings. The van der Waals surface area contributed by atoms with E-state index in [2.05, 4.69) is 33.4 Å². The van der Waals surface area contributed by atoms with Gasteiger partial charge in [-0.3, -0.25) is 4.79 Å². The molecule has 0 aliphatic heterocycles. The number of unbranched alkanes of at least 4 members (excludes halogenated alkanes) is 2. The molecule has 1 aromatic rings. The fraction of sp³-hybridized carbons (Fsp3) is 0.429. The Labute approximate surface area is 117 Å². The van der Waals surface area contributed by atoms with E-state index in [4.69, 9.17) is 0 Å². The lowest BCUT2D eigenvalue weighted by Crippen LogP contribution is -2.18. The summed E-state index contributed by atoms with van der Waals surface area (Å²) in [4.78, 5) is 11.5. The van der Waals surface area contributed by atoms with Crippen molar-refractivity contribution in [3.05, 3.63) is 34.3 Å². The summed E-state index contributed by atoms with van der Waals surface area (Å²) < 4.78 is 1.00. The third kappa shape index (κ3) is 5.45. The number of nitrogens with zero attached hydrogens (tertiary/aromatic N) is 1. The Morgan fingerprint density at radius 1 is 1.39 bits per heavy atom. The Morgan fingerprint density at radius 2 is 2.17 bits per heavy atom. The minimum absolute atomic E-state index is 0.0159. The molecule has 1 amide bonds. The highest BCUT2D eigenvalue weighted by atomic mass is 79.9. The molecule has 0 heterocycles. The van der Waals surface area contributed by atoms with Gasteiger partial charge in [0.15, 0.2) is 0 Å². The summed E-state index contributed by atoms with van der Waals surface area (Å²) in [5.41, 5.74) is 4.40. The maximum atomic E-state index is 11.5. The van der Waals surface area contributed by atoms with Crippen LogP contribution in [-0.4, -0.2) is 11.6 Å². The van der Waals surface area contributed by atoms with Crippen LogP contribution < -0.4 is 5.43 Å². The molecule has 1 rings (SSSR count). The largest absolute Gasteiger partial charge is 0.273 e. The predicted molar refractivity (Wildman–Crippen MR) is 78.6 cm³/mol. The third-order valence-electron chi connectivity index (χ3n) is 2.60. The summed E-state index contributed by atoms with van der Waals surface area (Å²) >= 11 is 3.41. The molecular formula is C14H19BrN2O. The summed E-state index contributed by atoms with van der Waals surface area (Å²) in [6.45, 7) is 4.00. The van der Waals surface area contributed by atoms with Crippen LogP contribution in [0.3, 0.4) is 0 Å². The van der Waals surface area contributed by atoms with Gasteiger partial charge in [0.1, 0.15) is 0 Å². The molecule has 0 bridgehead atoms. The van der Waals surface area contributed by atoms with Crippen LogP contribution in [0.4, 0.5) is 0 Å². The van der Waals surface area contributed by atoms with E-state index in [1.165, 1.54) is 0 Å². The van der Waals surface area contributed by atoms with Crippen LogP contribution in [0.1, 0.15) is 45.1 Å². The minimum Gasteiger partial charge on any atom is -0.273 e. The van der Waals surface area contributed by atoms with Crippen molar-refractivity contribution in [1.82, 2.24) is 5.43 Å². The van der Waals surface area contributed by atoms with Crippen LogP contribution in [-0.2, 0) is 4.79 Å². The summed E-state index contributed by atoms with van der Waals surface area (Å²) in [6, 6.07) is 7.84. The van der Waals surface area contributed by atoms with E-state index in [0.29, 0.717) is 6.42 Å². The van der Waals surface area contributed by atoms with Gasteiger partial charge in [0.2, 0.25) is 5.91 Å². The van der Waals surface area contributed by atoms with E-state index in [9.17, 15) is 4.79 Å². The molecule has 98 valence electrons. The second-order valence-electron chi connectivity index (χ2n) is 4.20. The molecule has 0 unspecified atom stereocenters. The van der Waals surface area contributed by atoms with Gasteiger partial charge in [-0.1, -0.05) is 47.8 Å². The van der Waals surface area contributed by atoms with Crippen molar-refractivity contribution < 1.29 is 4.79 Å². The van der Waals surface area contributed by atoms with Crippen LogP contribution in [0.2, 0.25) is 0 Å². The molecule has 4 heteroatoms. The van der Waals surface area contributed by atoms with Crippen molar-refractivity contribution >= 4 is 27.5 Å². The Morgan fingerprint density at radius 3 is 2.83 bits per heavy atom. The number of carbonyl (C=O) groups is 1. The van der Waals surface area contributed by atoms with Crippen LogP contribution in [0, 0.1) is 0 Å². The number of rotatable bonds is 6. The second-order valence-corrected chi connectivity index (χ2v) is 5.12. The Balaban J connectivity index is 2.49. The molecule has 1 N–H and O–H groups in total. The zero-order valence-electron chi connectivity index (χ0n) is 10.9. The van der Waals surface area contributed by atoms with Crippen LogP contribution in [0.15, 0.2) is 33.8 Å². The average Bonchev–Trinajstić information content (AvgIpc) is 2.36. The lowest BCUT2D eigenvalue weighted by atomic mass is 10.1. The number of hydrazone groups is 1. The van der Waals surface area contributed by atoms with E-state index in [-0.39, 0.29) is 5.91 Å². The summed E-state index contributed by atoms with van der Waals surface area (Å²) in [6.07, 6.45) is 3.67. The minimum atomic E-state index is -0.0159. The van der Waals surface area contributed by atoms with Gasteiger partial charge >= 0.3 is 0 Å². The molecule has 0 atom stereocenters. The highest BCUT2D eigenvalue weighted by molar-refractivity contribution is 9.10. The van der Waals surface area contributed by atoms with Crippen molar-refractivity contribution in [2.24, 2.45) is 5.10 Å². The van der Waals surface area contributed by atoms with Gasteiger partial charge in [0.25, 0.3) is 0 Å². The molecule has 0 saturated heterocycles. The molecule has 0 spiro atoms. The zero-order chi connectivity index (χ0) is 13.4. The number of benzene rings is 1. The summed E-state index contributed by atoms with van der Waals surface area (Å²) in [5.74, 6) is -0.0159. The first-order chi connectivity index (χ1) is 8.63. The van der Waals surface area contributed by atoms with Crippen molar-refractivity contribution in [3.63, 3.8) is 0 Å². The molecule has 0 radical (unpaired) electrons. The maximum absolute atomic E-state index is 11.5. The Hall–Kier alpha value is -1.16. The molecule has 0 aliphatic rings. The predicted octanol–water partition coefficient (Wildman–Crippen LogP) is 3.87. The number of amides is 1. The quantitative estimate of drug-likeness (QED) is 0.484. The fourth-order valence-electron chi connectivity index (χ4n) is 1.52. The SMILES string of the molecule is CCCCCC(=O)N/N=C(\C)c1cccc(Br)c1. The van der Waals surface area contributed by atoms with E-state index >= 15 is 0 Å². The highest BCUT2D eigenvalue weighted by Crippen LogP contribution is 2.12. The lowest BCUT2D eigenvalue weighted by Gasteiger charge is -2.03. The normalized spacial score (nSPS) is 11.4. The first-order valence-electron chi connectivity index (χ1n) is 6.22. The lowest BCUT2D eigenvalue weighted by molar-refractivity contribution is -0.121. The van der Waals surface area contributed by atoms with Gasteiger partial charge < -0.3 is 0 Å². The van der Waals surface area contributed by atoms with Gasteiger partial charge in [-0.15, -0.1) is 0 Å². The molecule has 0 aromatic heterocycles. The molecule has 0 aliphatic carbocycles. The van der Waals surface area contributed by atoms with Gasteiger partial charge in [0.05, 0.1) is 5.71 Å². The van der Waals surface area contributed by atoms with Crippen molar-refractivity contribution in [2.45, 2.75) is 39.5 Å². The maximum Gasteiger partial charge on any atom is 0.240 e. The van der Waals surface area contributed by atoms with Crippen LogP contribution >= 0.6 is 15.9 Å². The molecular weight excluding hydrogens is 292 g/mol. The topological polar surface area (TPSA) is 41.5 Å². The van der Waals surface area contributed by atoms with Gasteiger partial charge in [-0.2, -0.15) is 5.10 Å². The summed E-state index contributed by atoms with van der Waals surface area (Å²) in [5, 5.41) is 4.11. The monoisotopic (exact) mass is 310 g/mol. The van der Waals surface area contributed by atoms with Gasteiger partial charge in [-0.25, -0.2) is 5.43 Å². The first-order valence-corrected chi connectivity index (χ1v) is 7.02. The average molecular weight is 311 g/mol. The number of hydrogen-bond donors (Lipinski definition) is 1. The molecule has 1 aromatic carbocycles. The van der Waals surface area contributed by atoms with E-state index in [0.717, 1.165) is 35.0 Å². The zero-order valence-corrected chi connectivity index (χ0v) is 12.5. The fourth-order valence-corrected chi connectivity index (χ4v) is 1.91. The molecule has 3 nitrogen and oxygen atoms in total. The van der Waals surface area contributed by atoms with Gasteiger partial charge in [-0.05, 0) is 31.0 Å². The Kier molecular flexibility index (Phi) is 6.65. The van der Waals surface area contributed by atoms with E-state index in [1.54, 1.807) is 0 Å². The molecule has 0 saturated carbocycles. The second kappa shape index (κ2) is 8.03. The molecule has 18 heavy (non-hydrogen) atoms. The third-order valence-corrected chi connectivity index (χ3v) is 3.09.